The molecule has 0 saturated heterocycles. The van der Waals surface area contributed by atoms with Gasteiger partial charge in [-0.15, -0.1) is 0 Å². The molecule has 0 atom stereocenters. The van der Waals surface area contributed by atoms with Crippen LogP contribution < -0.4 is 10.9 Å². The SMILES string of the molecule is CC1(C)c2ccccc2-c2ccc3c4ccccc4n(B4c5ccccc5-n5c6ccc7ccccc7c6c6cccc4c65)c3c21. The molecule has 1 aliphatic heterocycles. The first-order valence-corrected chi connectivity index (χ1v) is 16.3. The Hall–Kier alpha value is -5.54. The van der Waals surface area contributed by atoms with Gasteiger partial charge in [0.1, 0.15) is 0 Å². The summed E-state index contributed by atoms with van der Waals surface area (Å²) in [7, 11) is 0. The molecule has 214 valence electrons. The molecule has 0 N–H and O–H groups in total. The molecule has 3 heterocycles. The van der Waals surface area contributed by atoms with Crippen LogP contribution in [0.3, 0.4) is 0 Å². The summed E-state index contributed by atoms with van der Waals surface area (Å²) >= 11 is 0. The van der Waals surface area contributed by atoms with Crippen molar-refractivity contribution in [2.75, 3.05) is 0 Å². The Morgan fingerprint density at radius 2 is 1.24 bits per heavy atom. The average Bonchev–Trinajstić information content (AvgIpc) is 3.70. The topological polar surface area (TPSA) is 9.86 Å². The van der Waals surface area contributed by atoms with Crippen molar-refractivity contribution in [3.63, 3.8) is 0 Å². The van der Waals surface area contributed by atoms with Gasteiger partial charge in [0.25, 0.3) is 0 Å². The van der Waals surface area contributed by atoms with E-state index >= 15 is 0 Å². The Bertz CT molecular complexity index is 2790. The van der Waals surface area contributed by atoms with Gasteiger partial charge in [0.15, 0.2) is 0 Å². The summed E-state index contributed by atoms with van der Waals surface area (Å²) < 4.78 is 5.24. The summed E-state index contributed by atoms with van der Waals surface area (Å²) in [6.45, 7) is 4.84. The normalized spacial score (nSPS) is 14.4. The second kappa shape index (κ2) is 8.38. The van der Waals surface area contributed by atoms with E-state index < -0.39 is 0 Å². The van der Waals surface area contributed by atoms with Crippen LogP contribution in [0.4, 0.5) is 0 Å². The molecule has 7 aromatic carbocycles. The van der Waals surface area contributed by atoms with Crippen LogP contribution in [0.5, 0.6) is 0 Å². The zero-order valence-electron chi connectivity index (χ0n) is 25.8. The Morgan fingerprint density at radius 3 is 2.17 bits per heavy atom. The molecule has 9 aromatic rings. The van der Waals surface area contributed by atoms with Crippen molar-refractivity contribution in [1.29, 1.82) is 0 Å². The quantitative estimate of drug-likeness (QED) is 0.170. The third-order valence-corrected chi connectivity index (χ3v) is 11.1. The fourth-order valence-electron chi connectivity index (χ4n) is 9.32. The molecule has 2 aliphatic rings. The van der Waals surface area contributed by atoms with Crippen molar-refractivity contribution in [1.82, 2.24) is 9.05 Å². The van der Waals surface area contributed by atoms with Gasteiger partial charge < -0.3 is 9.05 Å². The number of rotatable bonds is 1. The third kappa shape index (κ3) is 2.82. The number of para-hydroxylation sites is 3. The van der Waals surface area contributed by atoms with E-state index in [-0.39, 0.29) is 12.3 Å². The van der Waals surface area contributed by atoms with Gasteiger partial charge in [0.2, 0.25) is 0 Å². The molecule has 2 nitrogen and oxygen atoms in total. The van der Waals surface area contributed by atoms with E-state index in [1.54, 1.807) is 0 Å². The van der Waals surface area contributed by atoms with Crippen molar-refractivity contribution >= 4 is 72.2 Å². The molecule has 3 heteroatoms. The van der Waals surface area contributed by atoms with E-state index in [1.807, 2.05) is 0 Å². The second-order valence-electron chi connectivity index (χ2n) is 13.7. The first-order chi connectivity index (χ1) is 22.6. The fraction of sp³-hybridized carbons (Fsp3) is 0.0698. The van der Waals surface area contributed by atoms with Crippen LogP contribution in [0, 0.1) is 0 Å². The maximum Gasteiger partial charge on any atom is 0.332 e. The highest BCUT2D eigenvalue weighted by Crippen LogP contribution is 2.52. The lowest BCUT2D eigenvalue weighted by atomic mass is 9.48. The lowest BCUT2D eigenvalue weighted by Gasteiger charge is -2.30. The van der Waals surface area contributed by atoms with Crippen LogP contribution in [-0.2, 0) is 5.41 Å². The minimum absolute atomic E-state index is 0.0105. The molecule has 0 bridgehead atoms. The first-order valence-electron chi connectivity index (χ1n) is 16.3. The number of nitrogens with zero attached hydrogens (tertiary/aromatic N) is 2. The van der Waals surface area contributed by atoms with Crippen LogP contribution in [0.1, 0.15) is 25.0 Å². The van der Waals surface area contributed by atoms with Gasteiger partial charge >= 0.3 is 6.85 Å². The minimum Gasteiger partial charge on any atom is -0.376 e. The van der Waals surface area contributed by atoms with Gasteiger partial charge in [-0.3, -0.25) is 0 Å². The minimum atomic E-state index is -0.133. The lowest BCUT2D eigenvalue weighted by Crippen LogP contribution is -2.53. The molecule has 1 aliphatic carbocycles. The van der Waals surface area contributed by atoms with Gasteiger partial charge in [-0.25, -0.2) is 0 Å². The number of benzene rings is 7. The summed E-state index contributed by atoms with van der Waals surface area (Å²) in [5.41, 5.74) is 14.6. The van der Waals surface area contributed by atoms with Gasteiger partial charge in [0, 0.05) is 43.7 Å². The Kier molecular flexibility index (Phi) is 4.51. The molecule has 46 heavy (non-hydrogen) atoms. The predicted molar refractivity (Wildman–Crippen MR) is 196 cm³/mol. The second-order valence-corrected chi connectivity index (χ2v) is 13.7. The standard InChI is InChI=1S/C43H29BN2/c1-43(2)33-17-7-5-14-28(33)30-23-24-31-29-15-6-9-20-36(29)46(42(31)40(30)43)44-34-18-8-10-21-37(34)45-38-25-22-26-12-3-4-13-27(26)39(38)32-16-11-19-35(44)41(32)45/h3-25H,1-2H3. The van der Waals surface area contributed by atoms with Crippen LogP contribution in [0.25, 0.3) is 71.2 Å². The van der Waals surface area contributed by atoms with Crippen molar-refractivity contribution in [2.24, 2.45) is 0 Å². The van der Waals surface area contributed by atoms with E-state index in [2.05, 4.69) is 162 Å². The molecule has 0 fully saturated rings. The van der Waals surface area contributed by atoms with Gasteiger partial charge in [-0.2, -0.15) is 0 Å². The lowest BCUT2D eigenvalue weighted by molar-refractivity contribution is 0.664. The zero-order valence-corrected chi connectivity index (χ0v) is 25.8. The highest BCUT2D eigenvalue weighted by atomic mass is 15.0. The van der Waals surface area contributed by atoms with Gasteiger partial charge in [-0.1, -0.05) is 135 Å². The fourth-order valence-corrected chi connectivity index (χ4v) is 9.32. The average molecular weight is 585 g/mol. The summed E-state index contributed by atoms with van der Waals surface area (Å²) in [5.74, 6) is 0. The van der Waals surface area contributed by atoms with Crippen molar-refractivity contribution in [2.45, 2.75) is 19.3 Å². The third-order valence-electron chi connectivity index (χ3n) is 11.1. The maximum absolute atomic E-state index is 2.70. The number of aromatic nitrogens is 2. The Morgan fingerprint density at radius 1 is 0.500 bits per heavy atom. The van der Waals surface area contributed by atoms with Crippen LogP contribution in [-0.4, -0.2) is 15.9 Å². The molecular formula is C43H29BN2. The maximum atomic E-state index is 2.70. The molecule has 11 rings (SSSR count). The van der Waals surface area contributed by atoms with Gasteiger partial charge in [0.05, 0.1) is 11.0 Å². The van der Waals surface area contributed by atoms with Crippen molar-refractivity contribution < 1.29 is 0 Å². The van der Waals surface area contributed by atoms with E-state index in [0.717, 1.165) is 0 Å². The Labute approximate surface area is 267 Å². The molecular weight excluding hydrogens is 555 g/mol. The van der Waals surface area contributed by atoms with Gasteiger partial charge in [-0.05, 0) is 62.2 Å². The summed E-state index contributed by atoms with van der Waals surface area (Å²) in [4.78, 5) is 0. The van der Waals surface area contributed by atoms with E-state index in [1.165, 1.54) is 93.3 Å². The summed E-state index contributed by atoms with van der Waals surface area (Å²) in [6, 6.07) is 52.3. The molecule has 0 spiro atoms. The molecule has 2 aromatic heterocycles. The highest BCUT2D eigenvalue weighted by Gasteiger charge is 2.41. The van der Waals surface area contributed by atoms with Crippen molar-refractivity contribution in [3.8, 4) is 16.8 Å². The number of fused-ring (bicyclic) bond motifs is 14. The summed E-state index contributed by atoms with van der Waals surface area (Å²) in [5, 5.41) is 7.90. The monoisotopic (exact) mass is 584 g/mol. The number of hydrogen-bond donors (Lipinski definition) is 0. The predicted octanol–water partition coefficient (Wildman–Crippen LogP) is 9.32. The molecule has 0 unspecified atom stereocenters. The van der Waals surface area contributed by atoms with E-state index in [0.29, 0.717) is 0 Å². The van der Waals surface area contributed by atoms with Crippen LogP contribution in [0.15, 0.2) is 140 Å². The smallest absolute Gasteiger partial charge is 0.332 e. The van der Waals surface area contributed by atoms with E-state index in [4.69, 9.17) is 0 Å². The van der Waals surface area contributed by atoms with Crippen molar-refractivity contribution in [3.05, 3.63) is 151 Å². The van der Waals surface area contributed by atoms with E-state index in [9.17, 15) is 0 Å². The van der Waals surface area contributed by atoms with Crippen LogP contribution >= 0.6 is 0 Å². The summed E-state index contributed by atoms with van der Waals surface area (Å²) in [6.07, 6.45) is 0. The zero-order chi connectivity index (χ0) is 30.3. The Balaban J connectivity index is 1.35. The number of hydrogen-bond acceptors (Lipinski definition) is 0. The molecule has 0 amide bonds. The molecule has 0 radical (unpaired) electrons. The molecule has 0 saturated carbocycles. The first kappa shape index (κ1) is 24.7. The highest BCUT2D eigenvalue weighted by molar-refractivity contribution is 6.88. The largest absolute Gasteiger partial charge is 0.376 e. The van der Waals surface area contributed by atoms with Crippen LogP contribution in [0.2, 0.25) is 0 Å².